The Hall–Kier alpha value is -2.95. The van der Waals surface area contributed by atoms with Gasteiger partial charge in [-0.3, -0.25) is 0 Å². The molecule has 0 aliphatic carbocycles. The van der Waals surface area contributed by atoms with Crippen LogP contribution in [0.4, 0.5) is 13.2 Å². The Labute approximate surface area is 204 Å². The van der Waals surface area contributed by atoms with Crippen molar-refractivity contribution < 1.29 is 34.7 Å². The van der Waals surface area contributed by atoms with Gasteiger partial charge in [0.1, 0.15) is 19.0 Å². The molecule has 5 nitrogen and oxygen atoms in total. The fourth-order valence-corrected chi connectivity index (χ4v) is 8.41. The molecule has 3 aromatic carbocycles. The molecular weight excluding hydrogens is 501 g/mol. The average molecular weight is 527 g/mol. The van der Waals surface area contributed by atoms with Crippen molar-refractivity contribution in [2.75, 3.05) is 13.2 Å². The Balaban J connectivity index is 2.29. The van der Waals surface area contributed by atoms with Crippen LogP contribution in [0.2, 0.25) is 0 Å². The topological polar surface area (TPSA) is 61.8 Å². The molecule has 0 fully saturated rings. The maximum Gasteiger partial charge on any atom is 0.524 e. The van der Waals surface area contributed by atoms with Crippen molar-refractivity contribution >= 4 is 20.4 Å². The Morgan fingerprint density at radius 2 is 1.31 bits per heavy atom. The number of ether oxygens (including phenoxy) is 2. The van der Waals surface area contributed by atoms with E-state index >= 15 is 0 Å². The number of alkyl halides is 3. The van der Waals surface area contributed by atoms with E-state index in [1.165, 1.54) is 6.26 Å². The fourth-order valence-electron chi connectivity index (χ4n) is 3.50. The standard InChI is InChI=1S/C25H25F3O5S2/c1-4-31-15-16-32-24-19(2)17-23(18-20(24)3)34(21-11-7-5-8-12-21,22-13-9-6-10-14-22)33-35(29,30)25(26,27)28/h4-14,17-18H,1,15-16H2,2-3H3. The van der Waals surface area contributed by atoms with Gasteiger partial charge >= 0.3 is 15.6 Å². The van der Waals surface area contributed by atoms with Crippen molar-refractivity contribution in [3.8, 4) is 5.75 Å². The van der Waals surface area contributed by atoms with Gasteiger partial charge in [-0.05, 0) is 71.7 Å². The van der Waals surface area contributed by atoms with Crippen LogP contribution in [0.1, 0.15) is 11.1 Å². The fraction of sp³-hybridized carbons (Fsp3) is 0.200. The van der Waals surface area contributed by atoms with Crippen molar-refractivity contribution in [3.05, 3.63) is 96.8 Å². The summed E-state index contributed by atoms with van der Waals surface area (Å²) in [5.74, 6) is 0.523. The molecule has 0 unspecified atom stereocenters. The highest BCUT2D eigenvalue weighted by molar-refractivity contribution is 8.33. The van der Waals surface area contributed by atoms with E-state index in [-0.39, 0.29) is 18.1 Å². The van der Waals surface area contributed by atoms with E-state index in [4.69, 9.17) is 13.1 Å². The lowest BCUT2D eigenvalue weighted by Crippen LogP contribution is -2.27. The monoisotopic (exact) mass is 526 g/mol. The molecule has 0 atom stereocenters. The van der Waals surface area contributed by atoms with Crippen molar-refractivity contribution in [1.82, 2.24) is 0 Å². The van der Waals surface area contributed by atoms with Crippen LogP contribution in [0.5, 0.6) is 5.75 Å². The third-order valence-electron chi connectivity index (χ3n) is 4.96. The van der Waals surface area contributed by atoms with Crippen LogP contribution in [-0.2, 0) is 18.5 Å². The Bertz CT molecular complexity index is 1200. The lowest BCUT2D eigenvalue weighted by Gasteiger charge is -2.40. The molecular formula is C25H25F3O5S2. The van der Waals surface area contributed by atoms with E-state index < -0.39 is 25.9 Å². The molecule has 0 saturated carbocycles. The predicted molar refractivity (Wildman–Crippen MR) is 129 cm³/mol. The molecule has 0 aliphatic rings. The molecule has 10 heteroatoms. The van der Waals surface area contributed by atoms with Gasteiger partial charge in [0.25, 0.3) is 0 Å². The summed E-state index contributed by atoms with van der Waals surface area (Å²) in [5, 5.41) is 0. The minimum Gasteiger partial charge on any atom is -0.498 e. The van der Waals surface area contributed by atoms with Crippen LogP contribution in [0, 0.1) is 13.8 Å². The first-order chi connectivity index (χ1) is 16.5. The predicted octanol–water partition coefficient (Wildman–Crippen LogP) is 6.91. The second-order valence-corrected chi connectivity index (χ2v) is 11.9. The minimum absolute atomic E-state index is 0.224. The third kappa shape index (κ3) is 5.66. The summed E-state index contributed by atoms with van der Waals surface area (Å²) in [4.78, 5) is 0.879. The van der Waals surface area contributed by atoms with Crippen LogP contribution >= 0.6 is 10.3 Å². The summed E-state index contributed by atoms with van der Waals surface area (Å²) >= 11 is 0. The smallest absolute Gasteiger partial charge is 0.498 e. The number of hydrogen-bond acceptors (Lipinski definition) is 5. The molecule has 0 N–H and O–H groups in total. The maximum absolute atomic E-state index is 13.6. The van der Waals surface area contributed by atoms with Gasteiger partial charge < -0.3 is 9.47 Å². The van der Waals surface area contributed by atoms with Crippen LogP contribution in [0.15, 0.2) is 100 Å². The summed E-state index contributed by atoms with van der Waals surface area (Å²) < 4.78 is 81.8. The van der Waals surface area contributed by atoms with Crippen LogP contribution in [-0.4, -0.2) is 27.1 Å². The number of benzene rings is 3. The van der Waals surface area contributed by atoms with Crippen molar-refractivity contribution in [2.45, 2.75) is 34.0 Å². The first kappa shape index (κ1) is 26.7. The molecule has 0 bridgehead atoms. The molecule has 3 aromatic rings. The van der Waals surface area contributed by atoms with E-state index in [9.17, 15) is 21.6 Å². The second-order valence-electron chi connectivity index (χ2n) is 7.42. The third-order valence-corrected chi connectivity index (χ3v) is 9.83. The lowest BCUT2D eigenvalue weighted by atomic mass is 10.1. The van der Waals surface area contributed by atoms with Gasteiger partial charge in [0.05, 0.1) is 6.26 Å². The molecule has 0 spiro atoms. The molecule has 35 heavy (non-hydrogen) atoms. The lowest BCUT2D eigenvalue weighted by molar-refractivity contribution is -0.0496. The zero-order valence-electron chi connectivity index (χ0n) is 19.1. The van der Waals surface area contributed by atoms with Crippen LogP contribution in [0.25, 0.3) is 0 Å². The summed E-state index contributed by atoms with van der Waals surface area (Å²) in [6.45, 7) is 7.42. The van der Waals surface area contributed by atoms with E-state index in [1.807, 2.05) is 0 Å². The molecule has 0 heterocycles. The van der Waals surface area contributed by atoms with E-state index in [0.29, 0.717) is 26.7 Å². The zero-order valence-corrected chi connectivity index (χ0v) is 20.8. The number of aryl methyl sites for hydroxylation is 2. The van der Waals surface area contributed by atoms with Gasteiger partial charge in [-0.25, -0.2) is 0 Å². The van der Waals surface area contributed by atoms with Gasteiger partial charge in [-0.1, -0.05) is 43.0 Å². The molecule has 0 radical (unpaired) electrons. The van der Waals surface area contributed by atoms with Gasteiger partial charge in [0.2, 0.25) is 0 Å². The highest BCUT2D eigenvalue weighted by atomic mass is 32.3. The van der Waals surface area contributed by atoms with Gasteiger partial charge in [-0.15, -0.1) is 0 Å². The minimum atomic E-state index is -5.98. The molecule has 3 rings (SSSR count). The second kappa shape index (κ2) is 10.8. The molecule has 0 amide bonds. The van der Waals surface area contributed by atoms with Crippen LogP contribution < -0.4 is 4.74 Å². The molecule has 0 saturated heterocycles. The van der Waals surface area contributed by atoms with Crippen molar-refractivity contribution in [3.63, 3.8) is 0 Å². The summed E-state index contributed by atoms with van der Waals surface area (Å²) in [6.07, 6.45) is 1.29. The maximum atomic E-state index is 13.6. The Morgan fingerprint density at radius 3 is 1.74 bits per heavy atom. The highest BCUT2D eigenvalue weighted by Gasteiger charge is 2.52. The molecule has 0 aromatic heterocycles. The number of hydrogen-bond donors (Lipinski definition) is 0. The van der Waals surface area contributed by atoms with Crippen molar-refractivity contribution in [1.29, 1.82) is 0 Å². The number of rotatable bonds is 10. The Morgan fingerprint density at radius 1 is 0.829 bits per heavy atom. The SMILES string of the molecule is C=COCCOc1c(C)cc(S(OS(=O)(=O)C(F)(F)F)(c2ccccc2)c2ccccc2)cc1C. The largest absolute Gasteiger partial charge is 0.524 e. The first-order valence-electron chi connectivity index (χ1n) is 10.5. The average Bonchev–Trinajstić information content (AvgIpc) is 2.82. The van der Waals surface area contributed by atoms with E-state index in [2.05, 4.69) is 6.58 Å². The molecule has 0 aliphatic heterocycles. The van der Waals surface area contributed by atoms with Gasteiger partial charge in [-0.2, -0.15) is 25.2 Å². The van der Waals surface area contributed by atoms with E-state index in [1.54, 1.807) is 86.6 Å². The summed E-state index contributed by atoms with van der Waals surface area (Å²) in [5.41, 5.74) is -4.39. The highest BCUT2D eigenvalue weighted by Crippen LogP contribution is 2.71. The van der Waals surface area contributed by atoms with Gasteiger partial charge in [0, 0.05) is 14.7 Å². The van der Waals surface area contributed by atoms with Crippen LogP contribution in [0.3, 0.4) is 0 Å². The first-order valence-corrected chi connectivity index (χ1v) is 13.4. The van der Waals surface area contributed by atoms with Gasteiger partial charge in [0.15, 0.2) is 0 Å². The van der Waals surface area contributed by atoms with E-state index in [0.717, 1.165) is 0 Å². The quantitative estimate of drug-likeness (QED) is 0.163. The zero-order chi connectivity index (χ0) is 25.7. The summed E-state index contributed by atoms with van der Waals surface area (Å²) in [6, 6.07) is 19.4. The Kier molecular flexibility index (Phi) is 8.19. The molecule has 188 valence electrons. The number of halogens is 3. The normalized spacial score (nSPS) is 12.7. The summed E-state index contributed by atoms with van der Waals surface area (Å²) in [7, 11) is -9.34. The van der Waals surface area contributed by atoms with Crippen molar-refractivity contribution in [2.24, 2.45) is 0 Å².